The van der Waals surface area contributed by atoms with Crippen LogP contribution in [0.15, 0.2) is 58.6 Å². The van der Waals surface area contributed by atoms with Gasteiger partial charge in [0.2, 0.25) is 0 Å². The van der Waals surface area contributed by atoms with Crippen molar-refractivity contribution in [2.75, 3.05) is 12.4 Å². The van der Waals surface area contributed by atoms with Gasteiger partial charge in [-0.05, 0) is 56.5 Å². The molecule has 0 spiro atoms. The van der Waals surface area contributed by atoms with Crippen LogP contribution >= 0.6 is 11.8 Å². The second-order valence-electron chi connectivity index (χ2n) is 7.26. The summed E-state index contributed by atoms with van der Waals surface area (Å²) in [5.41, 5.74) is 2.32. The molecule has 6 nitrogen and oxygen atoms in total. The maximum absolute atomic E-state index is 12.8. The SMILES string of the molecule is CCc1ccc(OCCCSc2nnc(CS(=O)(=O)c3ccc(C)cc3)n2CC)cc1. The lowest BCUT2D eigenvalue weighted by Crippen LogP contribution is -2.11. The van der Waals surface area contributed by atoms with E-state index in [2.05, 4.69) is 29.3 Å². The van der Waals surface area contributed by atoms with Crippen molar-refractivity contribution < 1.29 is 13.2 Å². The van der Waals surface area contributed by atoms with Crippen molar-refractivity contribution in [2.45, 2.75) is 56.0 Å². The summed E-state index contributed by atoms with van der Waals surface area (Å²) in [6.07, 6.45) is 1.87. The summed E-state index contributed by atoms with van der Waals surface area (Å²) in [5, 5.41) is 9.12. The fraction of sp³-hybridized carbons (Fsp3) is 0.391. The molecule has 0 fully saturated rings. The van der Waals surface area contributed by atoms with Crippen LogP contribution in [0.4, 0.5) is 0 Å². The van der Waals surface area contributed by atoms with Gasteiger partial charge >= 0.3 is 0 Å². The van der Waals surface area contributed by atoms with Crippen LogP contribution < -0.4 is 4.74 Å². The molecule has 0 aliphatic carbocycles. The van der Waals surface area contributed by atoms with Crippen molar-refractivity contribution in [3.05, 3.63) is 65.5 Å². The summed E-state index contributed by atoms with van der Waals surface area (Å²) >= 11 is 1.57. The van der Waals surface area contributed by atoms with E-state index in [1.54, 1.807) is 36.0 Å². The van der Waals surface area contributed by atoms with Gasteiger partial charge in [0.15, 0.2) is 15.0 Å². The van der Waals surface area contributed by atoms with Gasteiger partial charge in [-0.1, -0.05) is 48.5 Å². The zero-order valence-electron chi connectivity index (χ0n) is 18.2. The number of sulfone groups is 1. The summed E-state index contributed by atoms with van der Waals surface area (Å²) in [4.78, 5) is 0.307. The number of aromatic nitrogens is 3. The van der Waals surface area contributed by atoms with E-state index in [9.17, 15) is 8.42 Å². The zero-order chi connectivity index (χ0) is 22.3. The first-order valence-electron chi connectivity index (χ1n) is 10.5. The van der Waals surface area contributed by atoms with E-state index < -0.39 is 9.84 Å². The van der Waals surface area contributed by atoms with Crippen LogP contribution in [0, 0.1) is 6.92 Å². The number of hydrogen-bond donors (Lipinski definition) is 0. The maximum atomic E-state index is 12.8. The number of aryl methyl sites for hydroxylation is 2. The van der Waals surface area contributed by atoms with Crippen LogP contribution in [0.2, 0.25) is 0 Å². The third-order valence-electron chi connectivity index (χ3n) is 4.93. The van der Waals surface area contributed by atoms with Gasteiger partial charge in [0, 0.05) is 12.3 Å². The van der Waals surface area contributed by atoms with Crippen LogP contribution in [0.25, 0.3) is 0 Å². The third kappa shape index (κ3) is 6.33. The Balaban J connectivity index is 1.54. The molecule has 0 aliphatic rings. The highest BCUT2D eigenvalue weighted by Gasteiger charge is 2.21. The standard InChI is InChI=1S/C23H29N3O3S2/c1-4-19-9-11-20(12-10-19)29-15-6-16-30-23-25-24-22(26(23)5-2)17-31(27,28)21-13-7-18(3)8-14-21/h7-14H,4-6,15-17H2,1-3H3. The second kappa shape index (κ2) is 10.8. The molecule has 0 saturated carbocycles. The molecule has 8 heteroatoms. The first kappa shape index (κ1) is 23.3. The largest absolute Gasteiger partial charge is 0.494 e. The Kier molecular flexibility index (Phi) is 8.15. The van der Waals surface area contributed by atoms with Gasteiger partial charge in [0.05, 0.1) is 11.5 Å². The highest BCUT2D eigenvalue weighted by Crippen LogP contribution is 2.22. The first-order chi connectivity index (χ1) is 14.9. The average molecular weight is 460 g/mol. The Hall–Kier alpha value is -2.32. The first-order valence-corrected chi connectivity index (χ1v) is 13.1. The molecule has 0 bridgehead atoms. The molecule has 166 valence electrons. The molecular formula is C23H29N3O3S2. The Morgan fingerprint density at radius 1 is 1.00 bits per heavy atom. The topological polar surface area (TPSA) is 74.1 Å². The molecule has 0 radical (unpaired) electrons. The summed E-state index contributed by atoms with van der Waals surface area (Å²) < 4.78 is 33.2. The van der Waals surface area contributed by atoms with E-state index in [4.69, 9.17) is 4.74 Å². The van der Waals surface area contributed by atoms with Crippen molar-refractivity contribution in [2.24, 2.45) is 0 Å². The van der Waals surface area contributed by atoms with E-state index in [0.717, 1.165) is 35.1 Å². The normalized spacial score (nSPS) is 11.6. The Bertz CT molecular complexity index is 1080. The quantitative estimate of drug-likeness (QED) is 0.306. The predicted octanol–water partition coefficient (Wildman–Crippen LogP) is 4.70. The summed E-state index contributed by atoms with van der Waals surface area (Å²) in [7, 11) is -3.47. The van der Waals surface area contributed by atoms with Gasteiger partial charge < -0.3 is 9.30 Å². The summed E-state index contributed by atoms with van der Waals surface area (Å²) in [6.45, 7) is 7.27. The van der Waals surface area contributed by atoms with Crippen molar-refractivity contribution in [3.63, 3.8) is 0 Å². The van der Waals surface area contributed by atoms with Gasteiger partial charge in [-0.15, -0.1) is 10.2 Å². The third-order valence-corrected chi connectivity index (χ3v) is 7.61. The molecule has 2 aromatic carbocycles. The van der Waals surface area contributed by atoms with Gasteiger partial charge in [-0.3, -0.25) is 0 Å². The number of rotatable bonds is 11. The minimum absolute atomic E-state index is 0.158. The smallest absolute Gasteiger partial charge is 0.191 e. The molecule has 0 saturated heterocycles. The molecule has 1 heterocycles. The molecule has 0 amide bonds. The van der Waals surface area contributed by atoms with E-state index in [1.807, 2.05) is 30.5 Å². The van der Waals surface area contributed by atoms with Crippen LogP contribution in [0.5, 0.6) is 5.75 Å². The fourth-order valence-corrected chi connectivity index (χ4v) is 5.29. The van der Waals surface area contributed by atoms with E-state index in [0.29, 0.717) is 23.9 Å². The summed E-state index contributed by atoms with van der Waals surface area (Å²) in [5.74, 6) is 2.00. The Labute approximate surface area is 189 Å². The van der Waals surface area contributed by atoms with Crippen LogP contribution in [-0.4, -0.2) is 35.5 Å². The average Bonchev–Trinajstić information content (AvgIpc) is 3.14. The van der Waals surface area contributed by atoms with Gasteiger partial charge in [-0.2, -0.15) is 0 Å². The van der Waals surface area contributed by atoms with E-state index >= 15 is 0 Å². The number of thioether (sulfide) groups is 1. The van der Waals surface area contributed by atoms with Gasteiger partial charge in [0.1, 0.15) is 17.3 Å². The number of benzene rings is 2. The number of ether oxygens (including phenoxy) is 1. The molecular weight excluding hydrogens is 430 g/mol. The lowest BCUT2D eigenvalue weighted by molar-refractivity contribution is 0.318. The van der Waals surface area contributed by atoms with Crippen molar-refractivity contribution in [1.82, 2.24) is 14.8 Å². The van der Waals surface area contributed by atoms with Gasteiger partial charge in [0.25, 0.3) is 0 Å². The molecule has 1 aromatic heterocycles. The highest BCUT2D eigenvalue weighted by molar-refractivity contribution is 7.99. The second-order valence-corrected chi connectivity index (χ2v) is 10.3. The number of hydrogen-bond acceptors (Lipinski definition) is 6. The molecule has 0 atom stereocenters. The van der Waals surface area contributed by atoms with Crippen molar-refractivity contribution in [1.29, 1.82) is 0 Å². The van der Waals surface area contributed by atoms with Crippen LogP contribution in [-0.2, 0) is 28.6 Å². The summed E-state index contributed by atoms with van der Waals surface area (Å²) in [6, 6.07) is 15.1. The number of nitrogens with zero attached hydrogens (tertiary/aromatic N) is 3. The van der Waals surface area contributed by atoms with E-state index in [-0.39, 0.29) is 5.75 Å². The van der Waals surface area contributed by atoms with Gasteiger partial charge in [-0.25, -0.2) is 8.42 Å². The van der Waals surface area contributed by atoms with Crippen LogP contribution in [0.3, 0.4) is 0 Å². The maximum Gasteiger partial charge on any atom is 0.191 e. The minimum Gasteiger partial charge on any atom is -0.494 e. The van der Waals surface area contributed by atoms with Crippen LogP contribution in [0.1, 0.15) is 37.2 Å². The minimum atomic E-state index is -3.47. The monoisotopic (exact) mass is 459 g/mol. The van der Waals surface area contributed by atoms with Crippen molar-refractivity contribution >= 4 is 21.6 Å². The van der Waals surface area contributed by atoms with Crippen molar-refractivity contribution in [3.8, 4) is 5.75 Å². The fourth-order valence-electron chi connectivity index (χ4n) is 3.08. The Morgan fingerprint density at radius 2 is 1.71 bits per heavy atom. The highest BCUT2D eigenvalue weighted by atomic mass is 32.2. The lowest BCUT2D eigenvalue weighted by Gasteiger charge is -2.09. The van der Waals surface area contributed by atoms with E-state index in [1.165, 1.54) is 5.56 Å². The zero-order valence-corrected chi connectivity index (χ0v) is 19.9. The Morgan fingerprint density at radius 3 is 2.35 bits per heavy atom. The predicted molar refractivity (Wildman–Crippen MR) is 124 cm³/mol. The molecule has 0 unspecified atom stereocenters. The molecule has 3 rings (SSSR count). The lowest BCUT2D eigenvalue weighted by atomic mass is 10.2. The molecule has 0 N–H and O–H groups in total. The molecule has 31 heavy (non-hydrogen) atoms. The molecule has 0 aliphatic heterocycles. The molecule has 3 aromatic rings.